The average Bonchev–Trinajstić information content (AvgIpc) is 2.91. The average molecular weight is 311 g/mol. The van der Waals surface area contributed by atoms with Crippen LogP contribution >= 0.6 is 0 Å². The number of hydrogen-bond acceptors (Lipinski definition) is 4. The van der Waals surface area contributed by atoms with Crippen molar-refractivity contribution in [1.29, 1.82) is 0 Å². The molecule has 0 spiro atoms. The van der Waals surface area contributed by atoms with Crippen molar-refractivity contribution in [2.45, 2.75) is 19.9 Å². The number of aromatic amines is 1. The molecule has 5 N–H and O–H groups in total. The smallest absolute Gasteiger partial charge is 0.288 e. The summed E-state index contributed by atoms with van der Waals surface area (Å²) in [5.74, 6) is -0.961. The highest BCUT2D eigenvalue weighted by Crippen LogP contribution is 2.27. The van der Waals surface area contributed by atoms with Crippen LogP contribution in [0.15, 0.2) is 30.3 Å². The van der Waals surface area contributed by atoms with Gasteiger partial charge in [-0.3, -0.25) is 20.4 Å². The highest BCUT2D eigenvalue weighted by Gasteiger charge is 2.15. The van der Waals surface area contributed by atoms with E-state index in [4.69, 9.17) is 5.73 Å². The Morgan fingerprint density at radius 3 is 2.70 bits per heavy atom. The number of nitrogens with two attached hydrogens (primary N) is 1. The van der Waals surface area contributed by atoms with Crippen LogP contribution in [-0.4, -0.2) is 27.8 Å². The van der Waals surface area contributed by atoms with Crippen molar-refractivity contribution in [3.05, 3.63) is 41.7 Å². The maximum absolute atomic E-state index is 12.2. The Bertz CT molecular complexity index is 913. The fourth-order valence-electron chi connectivity index (χ4n) is 2.42. The molecule has 0 aliphatic heterocycles. The number of carbonyl (C=O) groups is 2. The quantitative estimate of drug-likeness (QED) is 0.531. The zero-order chi connectivity index (χ0) is 16.6. The molecule has 1 aromatic carbocycles. The lowest BCUT2D eigenvalue weighted by Gasteiger charge is -2.09. The summed E-state index contributed by atoms with van der Waals surface area (Å²) in [7, 11) is 0. The van der Waals surface area contributed by atoms with E-state index in [0.29, 0.717) is 5.69 Å². The number of benzene rings is 1. The number of amides is 2. The maximum Gasteiger partial charge on any atom is 0.288 e. The summed E-state index contributed by atoms with van der Waals surface area (Å²) in [6.45, 7) is 3.36. The number of nitrogens with zero attached hydrogens (tertiary/aromatic N) is 1. The lowest BCUT2D eigenvalue weighted by Crippen LogP contribution is -2.48. The molecular formula is C16H17N5O2. The largest absolute Gasteiger partial charge is 0.353 e. The molecule has 2 amide bonds. The summed E-state index contributed by atoms with van der Waals surface area (Å²) < 4.78 is 0. The number of H-pyrrole nitrogens is 1. The highest BCUT2D eigenvalue weighted by atomic mass is 16.2. The number of carbonyl (C=O) groups excluding carboxylic acids is 2. The van der Waals surface area contributed by atoms with Gasteiger partial charge < -0.3 is 10.7 Å². The molecule has 3 rings (SSSR count). The standard InChI is InChI=1S/C16H17N5O2/c1-8(17)15(22)20-21-16(23)13-7-11-10-5-3-4-6-12(10)19-14(11)9(2)18-13/h3-8,19H,17H2,1-2H3,(H,20,22)(H,21,23)/t8-/m0/s1. The van der Waals surface area contributed by atoms with Crippen molar-refractivity contribution in [1.82, 2.24) is 20.8 Å². The molecule has 0 unspecified atom stereocenters. The van der Waals surface area contributed by atoms with E-state index in [1.807, 2.05) is 31.2 Å². The molecule has 0 bridgehead atoms. The first-order valence-corrected chi connectivity index (χ1v) is 7.21. The molecule has 7 nitrogen and oxygen atoms in total. The van der Waals surface area contributed by atoms with E-state index in [-0.39, 0.29) is 5.69 Å². The molecule has 0 aliphatic carbocycles. The minimum Gasteiger partial charge on any atom is -0.353 e. The number of pyridine rings is 1. The van der Waals surface area contributed by atoms with Crippen LogP contribution < -0.4 is 16.6 Å². The molecule has 0 fully saturated rings. The van der Waals surface area contributed by atoms with Crippen LogP contribution in [0.1, 0.15) is 23.1 Å². The Balaban J connectivity index is 1.97. The maximum atomic E-state index is 12.2. The van der Waals surface area contributed by atoms with Gasteiger partial charge in [-0.05, 0) is 26.0 Å². The Morgan fingerprint density at radius 2 is 1.96 bits per heavy atom. The summed E-state index contributed by atoms with van der Waals surface area (Å²) in [4.78, 5) is 31.2. The third-order valence-electron chi connectivity index (χ3n) is 3.62. The SMILES string of the molecule is Cc1nc(C(=O)NNC(=O)[C@H](C)N)cc2c1[nH]c1ccccc12. The molecule has 23 heavy (non-hydrogen) atoms. The van der Waals surface area contributed by atoms with Crippen LogP contribution in [-0.2, 0) is 4.79 Å². The third kappa shape index (κ3) is 2.74. The number of rotatable bonds is 2. The molecule has 3 aromatic rings. The van der Waals surface area contributed by atoms with E-state index in [9.17, 15) is 9.59 Å². The van der Waals surface area contributed by atoms with E-state index >= 15 is 0 Å². The van der Waals surface area contributed by atoms with Crippen LogP contribution in [0.25, 0.3) is 21.8 Å². The summed E-state index contributed by atoms with van der Waals surface area (Å²) in [5, 5.41) is 1.93. The lowest BCUT2D eigenvalue weighted by molar-refractivity contribution is -0.122. The topological polar surface area (TPSA) is 113 Å². The van der Waals surface area contributed by atoms with Crippen LogP contribution in [0.2, 0.25) is 0 Å². The van der Waals surface area contributed by atoms with Crippen molar-refractivity contribution in [3.63, 3.8) is 0 Å². The second kappa shape index (κ2) is 5.69. The van der Waals surface area contributed by atoms with Gasteiger partial charge in [0.25, 0.3) is 11.8 Å². The number of fused-ring (bicyclic) bond motifs is 3. The van der Waals surface area contributed by atoms with Gasteiger partial charge in [-0.1, -0.05) is 18.2 Å². The molecular weight excluding hydrogens is 294 g/mol. The van der Waals surface area contributed by atoms with Gasteiger partial charge in [0.1, 0.15) is 5.69 Å². The molecule has 2 aromatic heterocycles. The van der Waals surface area contributed by atoms with Crippen molar-refractivity contribution in [3.8, 4) is 0 Å². The highest BCUT2D eigenvalue weighted by molar-refractivity contribution is 6.10. The van der Waals surface area contributed by atoms with Crippen LogP contribution in [0, 0.1) is 6.92 Å². The Hall–Kier alpha value is -2.93. The van der Waals surface area contributed by atoms with Crippen molar-refractivity contribution < 1.29 is 9.59 Å². The van der Waals surface area contributed by atoms with E-state index in [2.05, 4.69) is 20.8 Å². The molecule has 0 saturated carbocycles. The monoisotopic (exact) mass is 311 g/mol. The zero-order valence-electron chi connectivity index (χ0n) is 12.8. The number of hydrazine groups is 1. The van der Waals surface area contributed by atoms with Crippen molar-refractivity contribution in [2.75, 3.05) is 0 Å². The summed E-state index contributed by atoms with van der Waals surface area (Å²) in [6.07, 6.45) is 0. The first-order chi connectivity index (χ1) is 11.0. The Labute approximate surface area is 132 Å². The summed E-state index contributed by atoms with van der Waals surface area (Å²) >= 11 is 0. The van der Waals surface area contributed by atoms with Gasteiger partial charge in [0.15, 0.2) is 0 Å². The van der Waals surface area contributed by atoms with Gasteiger partial charge in [0, 0.05) is 16.3 Å². The van der Waals surface area contributed by atoms with Crippen LogP contribution in [0.5, 0.6) is 0 Å². The Morgan fingerprint density at radius 1 is 1.22 bits per heavy atom. The molecule has 0 radical (unpaired) electrons. The molecule has 118 valence electrons. The first-order valence-electron chi connectivity index (χ1n) is 7.21. The summed E-state index contributed by atoms with van der Waals surface area (Å²) in [5.41, 5.74) is 12.8. The number of aromatic nitrogens is 2. The van der Waals surface area contributed by atoms with E-state index in [0.717, 1.165) is 21.8 Å². The van der Waals surface area contributed by atoms with Gasteiger partial charge in [-0.25, -0.2) is 4.98 Å². The van der Waals surface area contributed by atoms with E-state index in [1.165, 1.54) is 6.92 Å². The van der Waals surface area contributed by atoms with E-state index in [1.54, 1.807) is 6.07 Å². The van der Waals surface area contributed by atoms with Gasteiger partial charge in [0.2, 0.25) is 0 Å². The number of hydrogen-bond donors (Lipinski definition) is 4. The third-order valence-corrected chi connectivity index (χ3v) is 3.62. The number of nitrogens with one attached hydrogen (secondary N) is 3. The first kappa shape index (κ1) is 15.0. The molecule has 1 atom stereocenters. The Kier molecular flexibility index (Phi) is 3.71. The predicted octanol–water partition coefficient (Wildman–Crippen LogP) is 1.13. The van der Waals surface area contributed by atoms with Gasteiger partial charge >= 0.3 is 0 Å². The second-order valence-corrected chi connectivity index (χ2v) is 5.42. The summed E-state index contributed by atoms with van der Waals surface area (Å²) in [6, 6.07) is 8.83. The number of aryl methyl sites for hydroxylation is 1. The van der Waals surface area contributed by atoms with Crippen LogP contribution in [0.3, 0.4) is 0 Å². The fourth-order valence-corrected chi connectivity index (χ4v) is 2.42. The lowest BCUT2D eigenvalue weighted by atomic mass is 10.1. The minimum absolute atomic E-state index is 0.227. The fraction of sp³-hybridized carbons (Fsp3) is 0.188. The van der Waals surface area contributed by atoms with Gasteiger partial charge in [-0.15, -0.1) is 0 Å². The molecule has 2 heterocycles. The predicted molar refractivity (Wildman–Crippen MR) is 87.6 cm³/mol. The second-order valence-electron chi connectivity index (χ2n) is 5.42. The van der Waals surface area contributed by atoms with Gasteiger partial charge in [0.05, 0.1) is 17.3 Å². The molecule has 7 heteroatoms. The molecule has 0 saturated heterocycles. The normalized spacial score (nSPS) is 12.3. The van der Waals surface area contributed by atoms with Crippen molar-refractivity contribution >= 4 is 33.6 Å². The van der Waals surface area contributed by atoms with E-state index < -0.39 is 17.9 Å². The van der Waals surface area contributed by atoms with Crippen molar-refractivity contribution in [2.24, 2.45) is 5.73 Å². The van der Waals surface area contributed by atoms with Gasteiger partial charge in [-0.2, -0.15) is 0 Å². The zero-order valence-corrected chi connectivity index (χ0v) is 12.8. The minimum atomic E-state index is -0.707. The van der Waals surface area contributed by atoms with Crippen LogP contribution in [0.4, 0.5) is 0 Å². The number of para-hydroxylation sites is 1. The molecule has 0 aliphatic rings.